The first-order chi connectivity index (χ1) is 7.06. The summed E-state index contributed by atoms with van der Waals surface area (Å²) < 4.78 is 0. The van der Waals surface area contributed by atoms with Gasteiger partial charge in [0, 0.05) is 19.8 Å². The number of amides is 1. The zero-order valence-electron chi connectivity index (χ0n) is 8.63. The number of carbonyl (C=O) groups excluding carboxylic acids is 1. The SMILES string of the molecule is CCCN(C)C(=O)c1cc(Cl)ncc1Cl. The molecule has 0 aromatic carbocycles. The minimum atomic E-state index is -0.133. The number of pyridine rings is 1. The molecule has 0 fully saturated rings. The van der Waals surface area contributed by atoms with E-state index in [4.69, 9.17) is 23.2 Å². The molecule has 0 spiro atoms. The minimum absolute atomic E-state index is 0.133. The van der Waals surface area contributed by atoms with Gasteiger partial charge in [0.05, 0.1) is 10.6 Å². The Hall–Kier alpha value is -0.800. The molecule has 1 amide bonds. The Morgan fingerprint density at radius 3 is 2.80 bits per heavy atom. The Morgan fingerprint density at radius 1 is 1.53 bits per heavy atom. The molecule has 1 aromatic rings. The average Bonchev–Trinajstić information content (AvgIpc) is 2.21. The van der Waals surface area contributed by atoms with Crippen molar-refractivity contribution >= 4 is 29.1 Å². The Kier molecular flexibility index (Phi) is 4.36. The summed E-state index contributed by atoms with van der Waals surface area (Å²) in [6, 6.07) is 1.48. The van der Waals surface area contributed by atoms with Gasteiger partial charge in [-0.05, 0) is 12.5 Å². The standard InChI is InChI=1S/C10H12Cl2N2O/c1-3-4-14(2)10(15)7-5-9(12)13-6-8(7)11/h5-6H,3-4H2,1-2H3. The van der Waals surface area contributed by atoms with E-state index in [1.54, 1.807) is 11.9 Å². The monoisotopic (exact) mass is 246 g/mol. The van der Waals surface area contributed by atoms with E-state index >= 15 is 0 Å². The summed E-state index contributed by atoms with van der Waals surface area (Å²) in [4.78, 5) is 17.3. The van der Waals surface area contributed by atoms with Gasteiger partial charge in [-0.2, -0.15) is 0 Å². The van der Waals surface area contributed by atoms with Crippen molar-refractivity contribution in [2.45, 2.75) is 13.3 Å². The lowest BCUT2D eigenvalue weighted by molar-refractivity contribution is 0.0795. The van der Waals surface area contributed by atoms with Crippen LogP contribution in [0.3, 0.4) is 0 Å². The average molecular weight is 247 g/mol. The quantitative estimate of drug-likeness (QED) is 0.769. The molecule has 0 bridgehead atoms. The summed E-state index contributed by atoms with van der Waals surface area (Å²) in [5, 5.41) is 0.597. The summed E-state index contributed by atoms with van der Waals surface area (Å²) >= 11 is 11.6. The van der Waals surface area contributed by atoms with Crippen LogP contribution in [0.5, 0.6) is 0 Å². The molecule has 0 aliphatic carbocycles. The Bertz CT molecular complexity index is 368. The predicted octanol–water partition coefficient (Wildman–Crippen LogP) is 2.87. The van der Waals surface area contributed by atoms with Crippen LogP contribution < -0.4 is 0 Å². The highest BCUT2D eigenvalue weighted by molar-refractivity contribution is 6.35. The van der Waals surface area contributed by atoms with Crippen LogP contribution in [0.15, 0.2) is 12.3 Å². The van der Waals surface area contributed by atoms with Crippen molar-refractivity contribution in [2.75, 3.05) is 13.6 Å². The van der Waals surface area contributed by atoms with Crippen molar-refractivity contribution in [3.05, 3.63) is 28.0 Å². The van der Waals surface area contributed by atoms with E-state index in [-0.39, 0.29) is 11.1 Å². The number of rotatable bonds is 3. The topological polar surface area (TPSA) is 33.2 Å². The van der Waals surface area contributed by atoms with Gasteiger partial charge in [0.2, 0.25) is 0 Å². The van der Waals surface area contributed by atoms with Crippen molar-refractivity contribution < 1.29 is 4.79 Å². The summed E-state index contributed by atoms with van der Waals surface area (Å²) in [6.45, 7) is 2.69. The Labute approximate surface area is 99.0 Å². The molecule has 15 heavy (non-hydrogen) atoms. The van der Waals surface area contributed by atoms with Crippen molar-refractivity contribution in [1.82, 2.24) is 9.88 Å². The van der Waals surface area contributed by atoms with Gasteiger partial charge in [0.1, 0.15) is 5.15 Å². The number of halogens is 2. The van der Waals surface area contributed by atoms with Crippen LogP contribution in [0.2, 0.25) is 10.2 Å². The molecule has 1 heterocycles. The van der Waals surface area contributed by atoms with Gasteiger partial charge in [0.15, 0.2) is 0 Å². The molecule has 1 rings (SSSR count). The highest BCUT2D eigenvalue weighted by Gasteiger charge is 2.15. The smallest absolute Gasteiger partial charge is 0.255 e. The molecule has 0 radical (unpaired) electrons. The largest absolute Gasteiger partial charge is 0.342 e. The molecule has 82 valence electrons. The lowest BCUT2D eigenvalue weighted by Gasteiger charge is -2.16. The van der Waals surface area contributed by atoms with Crippen LogP contribution >= 0.6 is 23.2 Å². The second-order valence-corrected chi connectivity index (χ2v) is 4.01. The van der Waals surface area contributed by atoms with Gasteiger partial charge in [0.25, 0.3) is 5.91 Å². The fourth-order valence-electron chi connectivity index (χ4n) is 1.22. The first kappa shape index (κ1) is 12.3. The van der Waals surface area contributed by atoms with Crippen molar-refractivity contribution in [1.29, 1.82) is 0 Å². The third-order valence-corrected chi connectivity index (χ3v) is 2.47. The highest BCUT2D eigenvalue weighted by atomic mass is 35.5. The van der Waals surface area contributed by atoms with E-state index in [9.17, 15) is 4.79 Å². The first-order valence-corrected chi connectivity index (χ1v) is 5.38. The summed E-state index contributed by atoms with van der Waals surface area (Å²) in [5.74, 6) is -0.133. The van der Waals surface area contributed by atoms with Crippen molar-refractivity contribution in [2.24, 2.45) is 0 Å². The molecule has 3 nitrogen and oxygen atoms in total. The molecule has 0 aliphatic heterocycles. The molecule has 1 aromatic heterocycles. The first-order valence-electron chi connectivity index (χ1n) is 4.62. The Balaban J connectivity index is 2.95. The van der Waals surface area contributed by atoms with E-state index in [1.807, 2.05) is 6.92 Å². The normalized spacial score (nSPS) is 10.1. The molecule has 0 N–H and O–H groups in total. The van der Waals surface area contributed by atoms with Gasteiger partial charge in [-0.25, -0.2) is 4.98 Å². The van der Waals surface area contributed by atoms with Crippen LogP contribution in [0, 0.1) is 0 Å². The van der Waals surface area contributed by atoms with Crippen molar-refractivity contribution in [3.8, 4) is 0 Å². The van der Waals surface area contributed by atoms with Crippen LogP contribution in [0.1, 0.15) is 23.7 Å². The van der Waals surface area contributed by atoms with E-state index in [0.717, 1.165) is 6.42 Å². The van der Waals surface area contributed by atoms with Gasteiger partial charge in [-0.15, -0.1) is 0 Å². The molecule has 0 atom stereocenters. The van der Waals surface area contributed by atoms with Gasteiger partial charge < -0.3 is 4.90 Å². The number of nitrogens with zero attached hydrogens (tertiary/aromatic N) is 2. The van der Waals surface area contributed by atoms with Crippen molar-refractivity contribution in [3.63, 3.8) is 0 Å². The van der Waals surface area contributed by atoms with E-state index in [0.29, 0.717) is 17.1 Å². The molecule has 0 unspecified atom stereocenters. The molecule has 5 heteroatoms. The van der Waals surface area contributed by atoms with E-state index in [2.05, 4.69) is 4.98 Å². The molecule has 0 aliphatic rings. The summed E-state index contributed by atoms with van der Waals surface area (Å²) in [5.41, 5.74) is 0.396. The molecule has 0 saturated carbocycles. The lowest BCUT2D eigenvalue weighted by atomic mass is 10.2. The Morgan fingerprint density at radius 2 is 2.20 bits per heavy atom. The maximum atomic E-state index is 11.9. The number of hydrogen-bond donors (Lipinski definition) is 0. The number of aromatic nitrogens is 1. The second-order valence-electron chi connectivity index (χ2n) is 3.21. The molecular formula is C10H12Cl2N2O. The van der Waals surface area contributed by atoms with Gasteiger partial charge in [-0.3, -0.25) is 4.79 Å². The fourth-order valence-corrected chi connectivity index (χ4v) is 1.56. The summed E-state index contributed by atoms with van der Waals surface area (Å²) in [6.07, 6.45) is 2.29. The van der Waals surface area contributed by atoms with E-state index in [1.165, 1.54) is 12.3 Å². The highest BCUT2D eigenvalue weighted by Crippen LogP contribution is 2.19. The number of carbonyl (C=O) groups is 1. The van der Waals surface area contributed by atoms with E-state index < -0.39 is 0 Å². The maximum Gasteiger partial charge on any atom is 0.255 e. The van der Waals surface area contributed by atoms with Crippen LogP contribution in [0.25, 0.3) is 0 Å². The van der Waals surface area contributed by atoms with Crippen LogP contribution in [-0.4, -0.2) is 29.4 Å². The van der Waals surface area contributed by atoms with Gasteiger partial charge in [-0.1, -0.05) is 30.1 Å². The summed E-state index contributed by atoms with van der Waals surface area (Å²) in [7, 11) is 1.73. The lowest BCUT2D eigenvalue weighted by Crippen LogP contribution is -2.27. The predicted molar refractivity (Wildman–Crippen MR) is 61.5 cm³/mol. The third-order valence-electron chi connectivity index (χ3n) is 1.96. The fraction of sp³-hybridized carbons (Fsp3) is 0.400. The van der Waals surface area contributed by atoms with Crippen LogP contribution in [-0.2, 0) is 0 Å². The maximum absolute atomic E-state index is 11.9. The minimum Gasteiger partial charge on any atom is -0.342 e. The second kappa shape index (κ2) is 5.33. The number of hydrogen-bond acceptors (Lipinski definition) is 2. The zero-order valence-corrected chi connectivity index (χ0v) is 10.1. The molecular weight excluding hydrogens is 235 g/mol. The third kappa shape index (κ3) is 3.08. The van der Waals surface area contributed by atoms with Gasteiger partial charge >= 0.3 is 0 Å². The zero-order chi connectivity index (χ0) is 11.4. The molecule has 0 saturated heterocycles. The van der Waals surface area contributed by atoms with Crippen LogP contribution in [0.4, 0.5) is 0 Å².